The summed E-state index contributed by atoms with van der Waals surface area (Å²) in [5.41, 5.74) is -0.341. The molecule has 4 nitrogen and oxygen atoms in total. The minimum atomic E-state index is -3.13. The van der Waals surface area contributed by atoms with Crippen LogP contribution in [0.5, 0.6) is 0 Å². The van der Waals surface area contributed by atoms with Crippen molar-refractivity contribution in [1.29, 1.82) is 0 Å². The first-order chi connectivity index (χ1) is 7.21. The molecule has 1 aliphatic rings. The van der Waals surface area contributed by atoms with Gasteiger partial charge in [-0.2, -0.15) is 4.31 Å². The normalized spacial score (nSPS) is 20.3. The molecule has 0 atom stereocenters. The van der Waals surface area contributed by atoms with Crippen LogP contribution < -0.4 is 0 Å². The third kappa shape index (κ3) is 4.03. The smallest absolute Gasteiger partial charge is 0.211 e. The lowest BCUT2D eigenvalue weighted by Crippen LogP contribution is -2.48. The van der Waals surface area contributed by atoms with Crippen molar-refractivity contribution in [3.8, 4) is 0 Å². The van der Waals surface area contributed by atoms with Crippen LogP contribution in [0.4, 0.5) is 0 Å². The molecule has 16 heavy (non-hydrogen) atoms. The van der Waals surface area contributed by atoms with Crippen LogP contribution in [-0.4, -0.2) is 44.3 Å². The Morgan fingerprint density at radius 2 is 1.75 bits per heavy atom. The summed E-state index contributed by atoms with van der Waals surface area (Å²) in [5.74, 6) is 0.433. The van der Waals surface area contributed by atoms with Crippen molar-refractivity contribution in [2.45, 2.75) is 39.2 Å². The van der Waals surface area contributed by atoms with Crippen LogP contribution >= 0.6 is 0 Å². The minimum Gasteiger partial charge on any atom is -0.381 e. The lowest BCUT2D eigenvalue weighted by atomic mass is 9.98. The van der Waals surface area contributed by atoms with Crippen LogP contribution in [0.1, 0.15) is 33.6 Å². The Bertz CT molecular complexity index is 313. The van der Waals surface area contributed by atoms with Gasteiger partial charge in [0.05, 0.1) is 6.26 Å². The molecule has 96 valence electrons. The first kappa shape index (κ1) is 13.9. The Hall–Kier alpha value is -0.130. The van der Waals surface area contributed by atoms with Crippen molar-refractivity contribution in [1.82, 2.24) is 4.31 Å². The number of sulfonamides is 1. The predicted molar refractivity (Wildman–Crippen MR) is 64.8 cm³/mol. The fraction of sp³-hybridized carbons (Fsp3) is 1.00. The fourth-order valence-corrected chi connectivity index (χ4v) is 3.55. The molecule has 1 aliphatic heterocycles. The molecule has 0 N–H and O–H groups in total. The van der Waals surface area contributed by atoms with Gasteiger partial charge in [-0.3, -0.25) is 0 Å². The van der Waals surface area contributed by atoms with E-state index in [1.807, 2.05) is 20.8 Å². The molecule has 0 saturated carbocycles. The molecule has 0 amide bonds. The number of hydrogen-bond acceptors (Lipinski definition) is 3. The Balaban J connectivity index is 2.71. The Labute approximate surface area is 99.0 Å². The highest BCUT2D eigenvalue weighted by molar-refractivity contribution is 7.88. The van der Waals surface area contributed by atoms with Gasteiger partial charge in [0.1, 0.15) is 0 Å². The van der Waals surface area contributed by atoms with Gasteiger partial charge in [-0.05, 0) is 39.5 Å². The molecule has 0 aromatic carbocycles. The molecule has 0 spiro atoms. The fourth-order valence-electron chi connectivity index (χ4n) is 2.07. The zero-order valence-corrected chi connectivity index (χ0v) is 11.5. The summed E-state index contributed by atoms with van der Waals surface area (Å²) in [7, 11) is -3.13. The van der Waals surface area contributed by atoms with Gasteiger partial charge >= 0.3 is 0 Å². The maximum atomic E-state index is 11.7. The second-order valence-corrected chi connectivity index (χ2v) is 7.43. The molecule has 1 rings (SSSR count). The van der Waals surface area contributed by atoms with Crippen molar-refractivity contribution in [3.05, 3.63) is 0 Å². The van der Waals surface area contributed by atoms with E-state index in [-0.39, 0.29) is 5.54 Å². The van der Waals surface area contributed by atoms with Gasteiger partial charge in [-0.15, -0.1) is 0 Å². The van der Waals surface area contributed by atoms with Crippen molar-refractivity contribution < 1.29 is 13.2 Å². The summed E-state index contributed by atoms with van der Waals surface area (Å²) >= 11 is 0. The van der Waals surface area contributed by atoms with Gasteiger partial charge < -0.3 is 4.74 Å². The largest absolute Gasteiger partial charge is 0.381 e. The molecule has 0 aliphatic carbocycles. The summed E-state index contributed by atoms with van der Waals surface area (Å²) in [4.78, 5) is 0. The van der Waals surface area contributed by atoms with Crippen LogP contribution in [0.15, 0.2) is 0 Å². The van der Waals surface area contributed by atoms with Gasteiger partial charge in [0.25, 0.3) is 0 Å². The molecule has 5 heteroatoms. The summed E-state index contributed by atoms with van der Waals surface area (Å²) in [6, 6.07) is 0. The van der Waals surface area contributed by atoms with Crippen LogP contribution in [0.3, 0.4) is 0 Å². The first-order valence-electron chi connectivity index (χ1n) is 5.77. The van der Waals surface area contributed by atoms with Gasteiger partial charge in [0.2, 0.25) is 10.0 Å². The Morgan fingerprint density at radius 1 is 1.25 bits per heavy atom. The highest BCUT2D eigenvalue weighted by Gasteiger charge is 2.32. The number of ether oxygens (including phenoxy) is 1. The highest BCUT2D eigenvalue weighted by Crippen LogP contribution is 2.23. The van der Waals surface area contributed by atoms with Crippen molar-refractivity contribution >= 4 is 10.0 Å². The van der Waals surface area contributed by atoms with Crippen LogP contribution in [0.25, 0.3) is 0 Å². The lowest BCUT2D eigenvalue weighted by Gasteiger charge is -2.36. The molecule has 0 bridgehead atoms. The van der Waals surface area contributed by atoms with E-state index in [1.54, 1.807) is 4.31 Å². The second-order valence-electron chi connectivity index (χ2n) is 5.52. The third-order valence-electron chi connectivity index (χ3n) is 2.91. The standard InChI is InChI=1S/C11H23NO3S/c1-11(2,3)12(16(4,13)14)9-10-5-7-15-8-6-10/h10H,5-9H2,1-4H3. The van der Waals surface area contributed by atoms with E-state index in [4.69, 9.17) is 4.74 Å². The zero-order chi connectivity index (χ0) is 12.4. The molecule has 1 saturated heterocycles. The first-order valence-corrected chi connectivity index (χ1v) is 7.61. The van der Waals surface area contributed by atoms with E-state index in [1.165, 1.54) is 6.26 Å². The Kier molecular flexibility index (Phi) is 4.37. The van der Waals surface area contributed by atoms with E-state index in [0.29, 0.717) is 12.5 Å². The summed E-state index contributed by atoms with van der Waals surface area (Å²) < 4.78 is 30.4. The van der Waals surface area contributed by atoms with E-state index in [0.717, 1.165) is 26.1 Å². The Morgan fingerprint density at radius 3 is 2.12 bits per heavy atom. The van der Waals surface area contributed by atoms with Crippen LogP contribution in [-0.2, 0) is 14.8 Å². The summed E-state index contributed by atoms with van der Waals surface area (Å²) in [6.07, 6.45) is 3.21. The number of rotatable bonds is 3. The average Bonchev–Trinajstić information content (AvgIpc) is 2.12. The van der Waals surface area contributed by atoms with Crippen molar-refractivity contribution in [3.63, 3.8) is 0 Å². The topological polar surface area (TPSA) is 46.6 Å². The van der Waals surface area contributed by atoms with E-state index in [2.05, 4.69) is 0 Å². The zero-order valence-electron chi connectivity index (χ0n) is 10.7. The SMILES string of the molecule is CC(C)(C)N(CC1CCOCC1)S(C)(=O)=O. The van der Waals surface area contributed by atoms with Crippen molar-refractivity contribution in [2.75, 3.05) is 26.0 Å². The molecule has 0 aromatic rings. The van der Waals surface area contributed by atoms with Crippen LogP contribution in [0.2, 0.25) is 0 Å². The van der Waals surface area contributed by atoms with Gasteiger partial charge in [0.15, 0.2) is 0 Å². The maximum Gasteiger partial charge on any atom is 0.211 e. The second kappa shape index (κ2) is 5.02. The average molecular weight is 249 g/mol. The molecule has 0 radical (unpaired) electrons. The van der Waals surface area contributed by atoms with Gasteiger partial charge in [0, 0.05) is 25.3 Å². The number of nitrogens with zero attached hydrogens (tertiary/aromatic N) is 1. The van der Waals surface area contributed by atoms with Gasteiger partial charge in [-0.25, -0.2) is 8.42 Å². The predicted octanol–water partition coefficient (Wildman–Crippen LogP) is 1.47. The minimum absolute atomic E-state index is 0.341. The van der Waals surface area contributed by atoms with E-state index >= 15 is 0 Å². The van der Waals surface area contributed by atoms with E-state index < -0.39 is 10.0 Å². The third-order valence-corrected chi connectivity index (χ3v) is 4.41. The lowest BCUT2D eigenvalue weighted by molar-refractivity contribution is 0.0540. The number of hydrogen-bond donors (Lipinski definition) is 0. The molecule has 0 unspecified atom stereocenters. The van der Waals surface area contributed by atoms with Crippen molar-refractivity contribution in [2.24, 2.45) is 5.92 Å². The molecule has 0 aromatic heterocycles. The quantitative estimate of drug-likeness (QED) is 0.761. The molecular formula is C11H23NO3S. The molecule has 1 fully saturated rings. The summed E-state index contributed by atoms with van der Waals surface area (Å²) in [6.45, 7) is 7.94. The highest BCUT2D eigenvalue weighted by atomic mass is 32.2. The molecular weight excluding hydrogens is 226 g/mol. The van der Waals surface area contributed by atoms with Gasteiger partial charge in [-0.1, -0.05) is 0 Å². The summed E-state index contributed by atoms with van der Waals surface area (Å²) in [5, 5.41) is 0. The van der Waals surface area contributed by atoms with E-state index in [9.17, 15) is 8.42 Å². The monoisotopic (exact) mass is 249 g/mol. The maximum absolute atomic E-state index is 11.7. The van der Waals surface area contributed by atoms with Crippen LogP contribution in [0, 0.1) is 5.92 Å². The molecule has 1 heterocycles.